The van der Waals surface area contributed by atoms with Crippen molar-refractivity contribution in [2.75, 3.05) is 5.32 Å². The van der Waals surface area contributed by atoms with Gasteiger partial charge in [0.05, 0.1) is 5.69 Å². The quantitative estimate of drug-likeness (QED) is 0.679. The lowest BCUT2D eigenvalue weighted by Crippen LogP contribution is -2.34. The predicted octanol–water partition coefficient (Wildman–Crippen LogP) is 1.48. The highest BCUT2D eigenvalue weighted by molar-refractivity contribution is 6.05. The maximum absolute atomic E-state index is 12.3. The molecule has 1 amide bonds. The number of carbonyl (C=O) groups is 1. The second-order valence-electron chi connectivity index (χ2n) is 4.95. The number of nitrogens with one attached hydrogen (secondary N) is 2. The molecule has 0 aliphatic heterocycles. The molecule has 3 rings (SSSR count). The number of nitrogens with zero attached hydrogens (tertiary/aromatic N) is 1. The number of hydrogen-bond donors (Lipinski definition) is 3. The molecule has 0 unspecified atom stereocenters. The number of anilines is 1. The molecule has 0 radical (unpaired) electrons. The van der Waals surface area contributed by atoms with Crippen LogP contribution in [0, 0.1) is 0 Å². The molecule has 0 atom stereocenters. The number of H-pyrrole nitrogens is 1. The van der Waals surface area contributed by atoms with Crippen molar-refractivity contribution in [3.05, 3.63) is 87.1 Å². The molecule has 3 N–H and O–H groups in total. The molecule has 1 heterocycles. The number of aromatic amines is 1. The van der Waals surface area contributed by atoms with Crippen molar-refractivity contribution in [3.63, 3.8) is 0 Å². The largest absolute Gasteiger partial charge is 0.493 e. The number of para-hydroxylation sites is 2. The summed E-state index contributed by atoms with van der Waals surface area (Å²) in [4.78, 5) is 38.4. The van der Waals surface area contributed by atoms with Crippen LogP contribution < -0.4 is 16.6 Å². The fourth-order valence-corrected chi connectivity index (χ4v) is 2.26. The van der Waals surface area contributed by atoms with E-state index in [1.165, 1.54) is 0 Å². The summed E-state index contributed by atoms with van der Waals surface area (Å²) in [6.07, 6.45) is 0. The van der Waals surface area contributed by atoms with Gasteiger partial charge in [-0.15, -0.1) is 0 Å². The van der Waals surface area contributed by atoms with Crippen molar-refractivity contribution < 1.29 is 9.90 Å². The predicted molar refractivity (Wildman–Crippen MR) is 88.7 cm³/mol. The Kier molecular flexibility index (Phi) is 3.98. The van der Waals surface area contributed by atoms with Gasteiger partial charge in [0.25, 0.3) is 11.5 Å². The van der Waals surface area contributed by atoms with Crippen LogP contribution in [0.1, 0.15) is 10.4 Å². The Morgan fingerprint density at radius 1 is 0.958 bits per heavy atom. The standard InChI is InChI=1S/C17H13N3O4/c21-14(18-11-7-3-1-4-8-11)13-15(22)19-17(24)20(16(13)23)12-9-5-2-6-10-12/h1-10,23H,(H,18,21)(H,19,22,24). The molecule has 3 aromatic rings. The van der Waals surface area contributed by atoms with Crippen molar-refractivity contribution in [2.45, 2.75) is 0 Å². The van der Waals surface area contributed by atoms with Gasteiger partial charge in [-0.05, 0) is 24.3 Å². The highest BCUT2D eigenvalue weighted by atomic mass is 16.3. The summed E-state index contributed by atoms with van der Waals surface area (Å²) in [6, 6.07) is 16.7. The molecule has 0 fully saturated rings. The Morgan fingerprint density at radius 2 is 1.54 bits per heavy atom. The summed E-state index contributed by atoms with van der Waals surface area (Å²) >= 11 is 0. The third-order valence-electron chi connectivity index (χ3n) is 3.36. The molecular formula is C17H13N3O4. The Morgan fingerprint density at radius 3 is 2.17 bits per heavy atom. The van der Waals surface area contributed by atoms with Crippen LogP contribution in [0.15, 0.2) is 70.3 Å². The zero-order valence-electron chi connectivity index (χ0n) is 12.4. The zero-order valence-corrected chi connectivity index (χ0v) is 12.4. The summed E-state index contributed by atoms with van der Waals surface area (Å²) < 4.78 is 0.862. The van der Waals surface area contributed by atoms with E-state index in [2.05, 4.69) is 5.32 Å². The van der Waals surface area contributed by atoms with Gasteiger partial charge in [-0.2, -0.15) is 0 Å². The SMILES string of the molecule is O=C(Nc1ccccc1)c1c(O)n(-c2ccccc2)c(=O)[nH]c1=O. The second-order valence-corrected chi connectivity index (χ2v) is 4.95. The van der Waals surface area contributed by atoms with E-state index in [0.29, 0.717) is 11.4 Å². The maximum Gasteiger partial charge on any atom is 0.335 e. The first-order valence-corrected chi connectivity index (χ1v) is 7.08. The second kappa shape index (κ2) is 6.25. The highest BCUT2D eigenvalue weighted by Crippen LogP contribution is 2.17. The van der Waals surface area contributed by atoms with Gasteiger partial charge in [0, 0.05) is 5.69 Å². The van der Waals surface area contributed by atoms with Crippen molar-refractivity contribution >= 4 is 11.6 Å². The number of aromatic hydroxyl groups is 1. The topological polar surface area (TPSA) is 104 Å². The van der Waals surface area contributed by atoms with Crippen LogP contribution in [0.5, 0.6) is 5.88 Å². The molecule has 0 bridgehead atoms. The maximum atomic E-state index is 12.3. The van der Waals surface area contributed by atoms with Gasteiger partial charge in [-0.3, -0.25) is 14.6 Å². The van der Waals surface area contributed by atoms with Crippen molar-refractivity contribution in [1.29, 1.82) is 0 Å². The van der Waals surface area contributed by atoms with Crippen LogP contribution in [0.4, 0.5) is 5.69 Å². The van der Waals surface area contributed by atoms with Crippen LogP contribution in [-0.2, 0) is 0 Å². The van der Waals surface area contributed by atoms with Crippen LogP contribution in [0.2, 0.25) is 0 Å². The van der Waals surface area contributed by atoms with Crippen LogP contribution in [0.3, 0.4) is 0 Å². The van der Waals surface area contributed by atoms with Gasteiger partial charge < -0.3 is 10.4 Å². The Balaban J connectivity index is 2.10. The van der Waals surface area contributed by atoms with Gasteiger partial charge in [-0.25, -0.2) is 9.36 Å². The lowest BCUT2D eigenvalue weighted by Gasteiger charge is -2.11. The first-order chi connectivity index (χ1) is 11.6. The Hall–Kier alpha value is -3.61. The number of amides is 1. The fraction of sp³-hybridized carbons (Fsp3) is 0. The average Bonchev–Trinajstić information content (AvgIpc) is 2.56. The minimum absolute atomic E-state index is 0.324. The molecule has 1 aromatic heterocycles. The normalized spacial score (nSPS) is 10.3. The lowest BCUT2D eigenvalue weighted by molar-refractivity contribution is 0.102. The van der Waals surface area contributed by atoms with E-state index in [-0.39, 0.29) is 0 Å². The fourth-order valence-electron chi connectivity index (χ4n) is 2.26. The Bertz CT molecular complexity index is 992. The summed E-state index contributed by atoms with van der Waals surface area (Å²) in [5, 5.41) is 12.8. The van der Waals surface area contributed by atoms with Gasteiger partial charge >= 0.3 is 5.69 Å². The van der Waals surface area contributed by atoms with E-state index in [1.54, 1.807) is 60.7 Å². The molecular weight excluding hydrogens is 310 g/mol. The van der Waals surface area contributed by atoms with E-state index in [0.717, 1.165) is 4.57 Å². The summed E-state index contributed by atoms with van der Waals surface area (Å²) in [5.74, 6) is -1.53. The third-order valence-corrected chi connectivity index (χ3v) is 3.36. The molecule has 7 heteroatoms. The van der Waals surface area contributed by atoms with Crippen molar-refractivity contribution in [1.82, 2.24) is 9.55 Å². The Labute approximate surface area is 135 Å². The van der Waals surface area contributed by atoms with E-state index in [9.17, 15) is 19.5 Å². The smallest absolute Gasteiger partial charge is 0.335 e. The van der Waals surface area contributed by atoms with Crippen molar-refractivity contribution in [2.24, 2.45) is 0 Å². The molecule has 0 aliphatic carbocycles. The lowest BCUT2D eigenvalue weighted by atomic mass is 10.2. The van der Waals surface area contributed by atoms with Gasteiger partial charge in [0.15, 0.2) is 5.56 Å². The van der Waals surface area contributed by atoms with Crippen molar-refractivity contribution in [3.8, 4) is 11.6 Å². The summed E-state index contributed by atoms with van der Waals surface area (Å²) in [5.41, 5.74) is -1.55. The molecule has 0 saturated heterocycles. The van der Waals surface area contributed by atoms with Gasteiger partial charge in [0.2, 0.25) is 5.88 Å². The number of aromatic nitrogens is 2. The minimum atomic E-state index is -0.960. The van der Waals surface area contributed by atoms with E-state index in [1.807, 2.05) is 4.98 Å². The van der Waals surface area contributed by atoms with E-state index < -0.39 is 28.6 Å². The van der Waals surface area contributed by atoms with E-state index >= 15 is 0 Å². The summed E-state index contributed by atoms with van der Waals surface area (Å²) in [7, 11) is 0. The number of benzene rings is 2. The summed E-state index contributed by atoms with van der Waals surface area (Å²) in [6.45, 7) is 0. The molecule has 0 spiro atoms. The molecule has 0 aliphatic rings. The number of carbonyl (C=O) groups excluding carboxylic acids is 1. The first kappa shape index (κ1) is 15.3. The third kappa shape index (κ3) is 2.82. The molecule has 7 nitrogen and oxygen atoms in total. The molecule has 2 aromatic carbocycles. The van der Waals surface area contributed by atoms with E-state index in [4.69, 9.17) is 0 Å². The zero-order chi connectivity index (χ0) is 17.1. The number of hydrogen-bond acceptors (Lipinski definition) is 4. The number of rotatable bonds is 3. The molecule has 0 saturated carbocycles. The van der Waals surface area contributed by atoms with Gasteiger partial charge in [-0.1, -0.05) is 36.4 Å². The first-order valence-electron chi connectivity index (χ1n) is 7.08. The minimum Gasteiger partial charge on any atom is -0.493 e. The molecule has 120 valence electrons. The van der Waals surface area contributed by atoms with Crippen LogP contribution in [-0.4, -0.2) is 20.6 Å². The van der Waals surface area contributed by atoms with Gasteiger partial charge in [0.1, 0.15) is 0 Å². The van der Waals surface area contributed by atoms with Crippen LogP contribution >= 0.6 is 0 Å². The van der Waals surface area contributed by atoms with Crippen LogP contribution in [0.25, 0.3) is 5.69 Å². The average molecular weight is 323 g/mol. The molecule has 24 heavy (non-hydrogen) atoms. The highest BCUT2D eigenvalue weighted by Gasteiger charge is 2.21. The monoisotopic (exact) mass is 323 g/mol.